The fraction of sp³-hybridized carbons (Fsp3) is 0.333. The quantitative estimate of drug-likeness (QED) is 0.734. The van der Waals surface area contributed by atoms with Gasteiger partial charge in [-0.3, -0.25) is 0 Å². The second kappa shape index (κ2) is 4.50. The van der Waals surface area contributed by atoms with Crippen molar-refractivity contribution in [1.82, 2.24) is 0 Å². The summed E-state index contributed by atoms with van der Waals surface area (Å²) in [6, 6.07) is 4.84. The lowest BCUT2D eigenvalue weighted by molar-refractivity contribution is 0.337. The van der Waals surface area contributed by atoms with Gasteiger partial charge in [-0.05, 0) is 25.1 Å². The highest BCUT2D eigenvalue weighted by atomic mass is 32.2. The molecule has 1 aromatic rings. The summed E-state index contributed by atoms with van der Waals surface area (Å²) in [5.41, 5.74) is 6.52. The van der Waals surface area contributed by atoms with Crippen LogP contribution in [0, 0.1) is 0 Å². The summed E-state index contributed by atoms with van der Waals surface area (Å²) in [6.07, 6.45) is 0. The van der Waals surface area contributed by atoms with Crippen molar-refractivity contribution in [1.29, 1.82) is 0 Å². The van der Waals surface area contributed by atoms with Crippen LogP contribution in [0.1, 0.15) is 12.5 Å². The maximum Gasteiger partial charge on any atom is 0.213 e. The number of ether oxygens (including phenoxy) is 1. The fourth-order valence-corrected chi connectivity index (χ4v) is 1.88. The molecule has 84 valence electrons. The topological polar surface area (TPSA) is 95.4 Å². The largest absolute Gasteiger partial charge is 0.494 e. The zero-order valence-corrected chi connectivity index (χ0v) is 9.25. The van der Waals surface area contributed by atoms with Gasteiger partial charge in [0.2, 0.25) is 10.0 Å². The van der Waals surface area contributed by atoms with Crippen LogP contribution in [0.3, 0.4) is 0 Å². The van der Waals surface area contributed by atoms with Crippen molar-refractivity contribution in [3.63, 3.8) is 0 Å². The SMILES string of the molecule is CCOc1ccc(N)cc1CS(N)(=O)=O. The molecule has 0 unspecified atom stereocenters. The third-order valence-electron chi connectivity index (χ3n) is 1.74. The van der Waals surface area contributed by atoms with E-state index in [9.17, 15) is 8.42 Å². The van der Waals surface area contributed by atoms with Gasteiger partial charge in [0.05, 0.1) is 12.4 Å². The minimum atomic E-state index is -3.57. The van der Waals surface area contributed by atoms with Crippen LogP contribution in [0.15, 0.2) is 18.2 Å². The molecule has 0 aromatic heterocycles. The summed E-state index contributed by atoms with van der Waals surface area (Å²) in [6.45, 7) is 2.28. The molecule has 5 nitrogen and oxygen atoms in total. The van der Waals surface area contributed by atoms with Crippen LogP contribution in [-0.2, 0) is 15.8 Å². The molecule has 4 N–H and O–H groups in total. The van der Waals surface area contributed by atoms with Gasteiger partial charge in [-0.25, -0.2) is 13.6 Å². The third kappa shape index (κ3) is 3.77. The zero-order valence-electron chi connectivity index (χ0n) is 8.43. The van der Waals surface area contributed by atoms with E-state index < -0.39 is 10.0 Å². The summed E-state index contributed by atoms with van der Waals surface area (Å²) in [5, 5.41) is 4.96. The van der Waals surface area contributed by atoms with Crippen LogP contribution in [0.2, 0.25) is 0 Å². The molecule has 0 aliphatic heterocycles. The Morgan fingerprint density at radius 2 is 2.07 bits per heavy atom. The summed E-state index contributed by atoms with van der Waals surface area (Å²) < 4.78 is 27.2. The number of anilines is 1. The van der Waals surface area contributed by atoms with Crippen LogP contribution in [0.4, 0.5) is 5.69 Å². The molecule has 0 heterocycles. The maximum absolute atomic E-state index is 10.9. The molecule has 0 atom stereocenters. The van der Waals surface area contributed by atoms with E-state index in [-0.39, 0.29) is 5.75 Å². The molecule has 0 fully saturated rings. The van der Waals surface area contributed by atoms with E-state index in [0.29, 0.717) is 23.6 Å². The molecule has 0 bridgehead atoms. The molecule has 0 radical (unpaired) electrons. The Morgan fingerprint density at radius 3 is 2.60 bits per heavy atom. The second-order valence-electron chi connectivity index (χ2n) is 3.11. The van der Waals surface area contributed by atoms with Gasteiger partial charge >= 0.3 is 0 Å². The van der Waals surface area contributed by atoms with Gasteiger partial charge in [-0.2, -0.15) is 0 Å². The normalized spacial score (nSPS) is 11.3. The molecule has 0 spiro atoms. The summed E-state index contributed by atoms with van der Waals surface area (Å²) >= 11 is 0. The molecule has 0 saturated heterocycles. The second-order valence-corrected chi connectivity index (χ2v) is 4.72. The van der Waals surface area contributed by atoms with Crippen molar-refractivity contribution in [3.05, 3.63) is 23.8 Å². The molecular formula is C9H14N2O3S. The van der Waals surface area contributed by atoms with E-state index in [1.54, 1.807) is 18.2 Å². The highest BCUT2D eigenvalue weighted by Gasteiger charge is 2.10. The molecule has 1 aromatic carbocycles. The van der Waals surface area contributed by atoms with Crippen molar-refractivity contribution in [3.8, 4) is 5.75 Å². The molecule has 0 aliphatic carbocycles. The van der Waals surface area contributed by atoms with Gasteiger partial charge in [0.15, 0.2) is 0 Å². The Labute approximate surface area is 89.1 Å². The van der Waals surface area contributed by atoms with Crippen molar-refractivity contribution in [2.45, 2.75) is 12.7 Å². The molecule has 15 heavy (non-hydrogen) atoms. The van der Waals surface area contributed by atoms with Crippen molar-refractivity contribution >= 4 is 15.7 Å². The summed E-state index contributed by atoms with van der Waals surface area (Å²) in [4.78, 5) is 0. The fourth-order valence-electron chi connectivity index (χ4n) is 1.23. The van der Waals surface area contributed by atoms with Gasteiger partial charge < -0.3 is 10.5 Å². The Morgan fingerprint density at radius 1 is 1.40 bits per heavy atom. The predicted octanol–water partition coefficient (Wildman–Crippen LogP) is 0.456. The molecule has 0 aliphatic rings. The first-order valence-corrected chi connectivity index (χ1v) is 6.15. The van der Waals surface area contributed by atoms with Crippen LogP contribution >= 0.6 is 0 Å². The van der Waals surface area contributed by atoms with Gasteiger partial charge in [-0.15, -0.1) is 0 Å². The number of hydrogen-bond donors (Lipinski definition) is 2. The smallest absolute Gasteiger partial charge is 0.213 e. The van der Waals surface area contributed by atoms with E-state index >= 15 is 0 Å². The van der Waals surface area contributed by atoms with Crippen LogP contribution in [-0.4, -0.2) is 15.0 Å². The van der Waals surface area contributed by atoms with E-state index in [1.807, 2.05) is 6.92 Å². The summed E-state index contributed by atoms with van der Waals surface area (Å²) in [7, 11) is -3.57. The van der Waals surface area contributed by atoms with Crippen LogP contribution in [0.5, 0.6) is 5.75 Å². The van der Waals surface area contributed by atoms with Gasteiger partial charge in [0, 0.05) is 11.3 Å². The lowest BCUT2D eigenvalue weighted by Gasteiger charge is -2.09. The number of benzene rings is 1. The van der Waals surface area contributed by atoms with Crippen molar-refractivity contribution in [2.75, 3.05) is 12.3 Å². The van der Waals surface area contributed by atoms with Crippen molar-refractivity contribution < 1.29 is 13.2 Å². The first-order chi connectivity index (χ1) is 6.92. The van der Waals surface area contributed by atoms with Crippen molar-refractivity contribution in [2.24, 2.45) is 5.14 Å². The first-order valence-electron chi connectivity index (χ1n) is 4.44. The molecule has 0 amide bonds. The van der Waals surface area contributed by atoms with Gasteiger partial charge in [-0.1, -0.05) is 0 Å². The maximum atomic E-state index is 10.9. The minimum absolute atomic E-state index is 0.270. The number of hydrogen-bond acceptors (Lipinski definition) is 4. The van der Waals surface area contributed by atoms with Gasteiger partial charge in [0.1, 0.15) is 5.75 Å². The average molecular weight is 230 g/mol. The number of primary sulfonamides is 1. The Hall–Kier alpha value is -1.27. The number of nitrogen functional groups attached to an aromatic ring is 1. The lowest BCUT2D eigenvalue weighted by Crippen LogP contribution is -2.15. The highest BCUT2D eigenvalue weighted by Crippen LogP contribution is 2.22. The van der Waals surface area contributed by atoms with Crippen LogP contribution in [0.25, 0.3) is 0 Å². The van der Waals surface area contributed by atoms with E-state index in [2.05, 4.69) is 0 Å². The highest BCUT2D eigenvalue weighted by molar-refractivity contribution is 7.88. The molecular weight excluding hydrogens is 216 g/mol. The Kier molecular flexibility index (Phi) is 3.54. The predicted molar refractivity (Wildman–Crippen MR) is 58.8 cm³/mol. The standard InChI is InChI=1S/C9H14N2O3S/c1-2-14-9-4-3-8(10)5-7(9)6-15(11,12)13/h3-5H,2,6,10H2,1H3,(H2,11,12,13). The number of rotatable bonds is 4. The van der Waals surface area contributed by atoms with E-state index in [1.165, 1.54) is 0 Å². The van der Waals surface area contributed by atoms with Gasteiger partial charge in [0.25, 0.3) is 0 Å². The zero-order chi connectivity index (χ0) is 11.5. The molecule has 1 rings (SSSR count). The monoisotopic (exact) mass is 230 g/mol. The first kappa shape index (κ1) is 11.8. The Bertz CT molecular complexity index is 443. The van der Waals surface area contributed by atoms with E-state index in [0.717, 1.165) is 0 Å². The number of nitrogens with two attached hydrogens (primary N) is 2. The molecule has 0 saturated carbocycles. The lowest BCUT2D eigenvalue weighted by atomic mass is 10.2. The molecule has 6 heteroatoms. The minimum Gasteiger partial charge on any atom is -0.494 e. The Balaban J connectivity index is 3.07. The summed E-state index contributed by atoms with van der Waals surface area (Å²) in [5.74, 6) is 0.230. The van der Waals surface area contributed by atoms with Crippen LogP contribution < -0.4 is 15.6 Å². The van der Waals surface area contributed by atoms with E-state index in [4.69, 9.17) is 15.6 Å². The average Bonchev–Trinajstić information content (AvgIpc) is 2.07. The number of sulfonamides is 1. The third-order valence-corrected chi connectivity index (χ3v) is 2.45.